The summed E-state index contributed by atoms with van der Waals surface area (Å²) in [6, 6.07) is 24.3. The Labute approximate surface area is 214 Å². The van der Waals surface area contributed by atoms with Crippen molar-refractivity contribution in [1.29, 1.82) is 0 Å². The SMILES string of the molecule is Cc1ccc(C(=O)NCCCCCc2nc3ccccc3n2CCCCOc2ccccc2C)cc1. The first-order valence-corrected chi connectivity index (χ1v) is 13.1. The van der Waals surface area contributed by atoms with Gasteiger partial charge in [0.15, 0.2) is 0 Å². The van der Waals surface area contributed by atoms with Crippen molar-refractivity contribution in [3.05, 3.63) is 95.3 Å². The van der Waals surface area contributed by atoms with Crippen LogP contribution in [0.5, 0.6) is 5.75 Å². The summed E-state index contributed by atoms with van der Waals surface area (Å²) in [5.41, 5.74) is 5.33. The number of benzene rings is 3. The molecule has 0 aliphatic carbocycles. The number of fused-ring (bicyclic) bond motifs is 1. The summed E-state index contributed by atoms with van der Waals surface area (Å²) in [5.74, 6) is 2.13. The average Bonchev–Trinajstić information content (AvgIpc) is 3.24. The zero-order valence-electron chi connectivity index (χ0n) is 21.5. The summed E-state index contributed by atoms with van der Waals surface area (Å²) < 4.78 is 8.35. The Bertz CT molecular complexity index is 1260. The molecule has 0 atom stereocenters. The van der Waals surface area contributed by atoms with Crippen LogP contribution in [0.25, 0.3) is 11.0 Å². The van der Waals surface area contributed by atoms with E-state index in [-0.39, 0.29) is 5.91 Å². The lowest BCUT2D eigenvalue weighted by Gasteiger charge is -2.11. The van der Waals surface area contributed by atoms with Gasteiger partial charge in [0.05, 0.1) is 17.6 Å². The third kappa shape index (κ3) is 6.97. The molecule has 1 aromatic heterocycles. The van der Waals surface area contributed by atoms with Crippen LogP contribution in [0.4, 0.5) is 0 Å². The Kier molecular flexibility index (Phi) is 9.15. The minimum atomic E-state index is 0.00296. The normalized spacial score (nSPS) is 11.1. The van der Waals surface area contributed by atoms with E-state index in [1.165, 1.54) is 11.1 Å². The lowest BCUT2D eigenvalue weighted by atomic mass is 10.1. The number of imidazole rings is 1. The first-order valence-electron chi connectivity index (χ1n) is 13.1. The minimum absolute atomic E-state index is 0.00296. The van der Waals surface area contributed by atoms with Crippen LogP contribution in [0.15, 0.2) is 72.8 Å². The van der Waals surface area contributed by atoms with Crippen molar-refractivity contribution in [3.63, 3.8) is 0 Å². The molecule has 0 bridgehead atoms. The number of amides is 1. The maximum Gasteiger partial charge on any atom is 0.251 e. The van der Waals surface area contributed by atoms with Gasteiger partial charge in [-0.3, -0.25) is 4.79 Å². The Morgan fingerprint density at radius 2 is 1.64 bits per heavy atom. The molecule has 4 rings (SSSR count). The summed E-state index contributed by atoms with van der Waals surface area (Å²) in [6.45, 7) is 6.47. The van der Waals surface area contributed by atoms with Crippen LogP contribution >= 0.6 is 0 Å². The first kappa shape index (κ1) is 25.5. The predicted octanol–water partition coefficient (Wildman–Crippen LogP) is 6.66. The van der Waals surface area contributed by atoms with E-state index >= 15 is 0 Å². The van der Waals surface area contributed by atoms with Gasteiger partial charge in [-0.05, 0) is 75.4 Å². The van der Waals surface area contributed by atoms with E-state index in [2.05, 4.69) is 47.1 Å². The van der Waals surface area contributed by atoms with E-state index in [0.717, 1.165) is 79.9 Å². The Hall–Kier alpha value is -3.60. The number of para-hydroxylation sites is 3. The highest BCUT2D eigenvalue weighted by molar-refractivity contribution is 5.94. The van der Waals surface area contributed by atoms with E-state index in [9.17, 15) is 4.79 Å². The number of aromatic nitrogens is 2. The van der Waals surface area contributed by atoms with Gasteiger partial charge >= 0.3 is 0 Å². The van der Waals surface area contributed by atoms with Crippen molar-refractivity contribution >= 4 is 16.9 Å². The van der Waals surface area contributed by atoms with Gasteiger partial charge in [0.25, 0.3) is 5.91 Å². The quantitative estimate of drug-likeness (QED) is 0.217. The number of hydrogen-bond donors (Lipinski definition) is 1. The molecule has 1 amide bonds. The monoisotopic (exact) mass is 483 g/mol. The number of hydrogen-bond acceptors (Lipinski definition) is 3. The fourth-order valence-electron chi connectivity index (χ4n) is 4.43. The number of nitrogens with zero attached hydrogens (tertiary/aromatic N) is 2. The van der Waals surface area contributed by atoms with Crippen molar-refractivity contribution in [2.75, 3.05) is 13.2 Å². The van der Waals surface area contributed by atoms with Crippen LogP contribution in [0, 0.1) is 13.8 Å². The second-order valence-electron chi connectivity index (χ2n) is 9.42. The Morgan fingerprint density at radius 3 is 2.47 bits per heavy atom. The summed E-state index contributed by atoms with van der Waals surface area (Å²) in [5, 5.41) is 3.03. The van der Waals surface area contributed by atoms with Gasteiger partial charge in [-0.1, -0.05) is 54.4 Å². The highest BCUT2D eigenvalue weighted by Gasteiger charge is 2.10. The van der Waals surface area contributed by atoms with Crippen LogP contribution < -0.4 is 10.1 Å². The Morgan fingerprint density at radius 1 is 0.861 bits per heavy atom. The minimum Gasteiger partial charge on any atom is -0.493 e. The molecule has 0 radical (unpaired) electrons. The van der Waals surface area contributed by atoms with Gasteiger partial charge in [-0.2, -0.15) is 0 Å². The second-order valence-corrected chi connectivity index (χ2v) is 9.42. The van der Waals surface area contributed by atoms with Gasteiger partial charge in [-0.15, -0.1) is 0 Å². The van der Waals surface area contributed by atoms with Crippen LogP contribution in [-0.2, 0) is 13.0 Å². The summed E-state index contributed by atoms with van der Waals surface area (Å²) in [4.78, 5) is 17.2. The standard InChI is InChI=1S/C31H37N3O2/c1-24-17-19-26(20-18-24)31(35)32-21-9-3-4-16-30-33-27-13-6-7-14-28(27)34(30)22-10-11-23-36-29-15-8-5-12-25(29)2/h5-8,12-15,17-20H,3-4,9-11,16,21-23H2,1-2H3,(H,32,35). The van der Waals surface area contributed by atoms with Gasteiger partial charge in [0.2, 0.25) is 0 Å². The van der Waals surface area contributed by atoms with E-state index in [0.29, 0.717) is 6.54 Å². The number of rotatable bonds is 13. The molecule has 0 aliphatic rings. The van der Waals surface area contributed by atoms with Crippen LogP contribution in [0.1, 0.15) is 59.4 Å². The lowest BCUT2D eigenvalue weighted by Crippen LogP contribution is -2.24. The number of carbonyl (C=O) groups excluding carboxylic acids is 1. The number of unbranched alkanes of at least 4 members (excludes halogenated alkanes) is 3. The zero-order valence-corrected chi connectivity index (χ0v) is 21.5. The summed E-state index contributed by atoms with van der Waals surface area (Å²) in [7, 11) is 0. The third-order valence-corrected chi connectivity index (χ3v) is 6.54. The van der Waals surface area contributed by atoms with E-state index < -0.39 is 0 Å². The molecule has 0 unspecified atom stereocenters. The average molecular weight is 484 g/mol. The van der Waals surface area contributed by atoms with E-state index in [1.54, 1.807) is 0 Å². The molecule has 0 aliphatic heterocycles. The molecule has 188 valence electrons. The largest absolute Gasteiger partial charge is 0.493 e. The smallest absolute Gasteiger partial charge is 0.251 e. The molecule has 0 saturated heterocycles. The molecule has 5 heteroatoms. The molecule has 3 aromatic carbocycles. The van der Waals surface area contributed by atoms with Gasteiger partial charge in [0, 0.05) is 25.1 Å². The Balaban J connectivity index is 1.22. The number of aryl methyl sites for hydroxylation is 4. The molecule has 4 aromatic rings. The second kappa shape index (κ2) is 12.9. The molecule has 36 heavy (non-hydrogen) atoms. The number of ether oxygens (including phenoxy) is 1. The molecule has 1 heterocycles. The number of nitrogens with one attached hydrogen (secondary N) is 1. The fraction of sp³-hybridized carbons (Fsp3) is 0.355. The van der Waals surface area contributed by atoms with Crippen molar-refractivity contribution in [2.24, 2.45) is 0 Å². The van der Waals surface area contributed by atoms with Gasteiger partial charge in [-0.25, -0.2) is 4.98 Å². The molecule has 0 fully saturated rings. The molecule has 0 saturated carbocycles. The molecule has 1 N–H and O–H groups in total. The van der Waals surface area contributed by atoms with Gasteiger partial charge < -0.3 is 14.6 Å². The molecule has 0 spiro atoms. The van der Waals surface area contributed by atoms with Crippen molar-refractivity contribution < 1.29 is 9.53 Å². The number of carbonyl (C=O) groups is 1. The maximum absolute atomic E-state index is 12.3. The summed E-state index contributed by atoms with van der Waals surface area (Å²) >= 11 is 0. The van der Waals surface area contributed by atoms with Crippen molar-refractivity contribution in [3.8, 4) is 5.75 Å². The van der Waals surface area contributed by atoms with Crippen molar-refractivity contribution in [1.82, 2.24) is 14.9 Å². The first-order chi connectivity index (χ1) is 17.6. The van der Waals surface area contributed by atoms with Crippen LogP contribution in [0.3, 0.4) is 0 Å². The molecule has 5 nitrogen and oxygen atoms in total. The van der Waals surface area contributed by atoms with Gasteiger partial charge in [0.1, 0.15) is 11.6 Å². The van der Waals surface area contributed by atoms with Crippen molar-refractivity contribution in [2.45, 2.75) is 58.9 Å². The topological polar surface area (TPSA) is 56.2 Å². The van der Waals surface area contributed by atoms with Crippen LogP contribution in [0.2, 0.25) is 0 Å². The predicted molar refractivity (Wildman–Crippen MR) is 147 cm³/mol. The van der Waals surface area contributed by atoms with E-state index in [1.807, 2.05) is 49.4 Å². The highest BCUT2D eigenvalue weighted by atomic mass is 16.5. The van der Waals surface area contributed by atoms with Crippen LogP contribution in [-0.4, -0.2) is 28.6 Å². The summed E-state index contributed by atoms with van der Waals surface area (Å²) in [6.07, 6.45) is 6.07. The molecular weight excluding hydrogens is 446 g/mol. The lowest BCUT2D eigenvalue weighted by molar-refractivity contribution is 0.0953. The fourth-order valence-corrected chi connectivity index (χ4v) is 4.43. The molecular formula is C31H37N3O2. The maximum atomic E-state index is 12.3. The highest BCUT2D eigenvalue weighted by Crippen LogP contribution is 2.20. The van der Waals surface area contributed by atoms with E-state index in [4.69, 9.17) is 9.72 Å². The third-order valence-electron chi connectivity index (χ3n) is 6.54. The zero-order chi connectivity index (χ0) is 25.2.